The summed E-state index contributed by atoms with van der Waals surface area (Å²) in [5.74, 6) is 18.5. The molecule has 0 bridgehead atoms. The van der Waals surface area contributed by atoms with Crippen molar-refractivity contribution in [2.75, 3.05) is 0 Å². The maximum atomic E-state index is 5.76. The van der Waals surface area contributed by atoms with Crippen molar-refractivity contribution in [3.05, 3.63) is 63.3 Å². The predicted molar refractivity (Wildman–Crippen MR) is 155 cm³/mol. The number of hydrogen-bond acceptors (Lipinski definition) is 1. The molecule has 1 aromatic heterocycles. The van der Waals surface area contributed by atoms with Gasteiger partial charge < -0.3 is 0 Å². The third kappa shape index (κ3) is 9.59. The number of allylic oxidation sites excluding steroid dienone is 2. The summed E-state index contributed by atoms with van der Waals surface area (Å²) in [4.78, 5) is 4.51. The molecule has 0 unspecified atom stereocenters. The zero-order valence-corrected chi connectivity index (χ0v) is 24.3. The van der Waals surface area contributed by atoms with E-state index in [0.29, 0.717) is 5.69 Å². The summed E-state index contributed by atoms with van der Waals surface area (Å²) < 4.78 is 0. The summed E-state index contributed by atoms with van der Waals surface area (Å²) in [6.45, 7) is 25.1. The van der Waals surface area contributed by atoms with E-state index < -0.39 is 0 Å². The van der Waals surface area contributed by atoms with Crippen molar-refractivity contribution in [1.82, 2.24) is 4.98 Å². The molecule has 0 atom stereocenters. The van der Waals surface area contributed by atoms with Gasteiger partial charge >= 0.3 is 0 Å². The first-order valence-electron chi connectivity index (χ1n) is 12.3. The number of hydrogen-bond donors (Lipinski definition) is 0. The first kappa shape index (κ1) is 30.5. The van der Waals surface area contributed by atoms with Crippen LogP contribution in [0.2, 0.25) is 0 Å². The Morgan fingerprint density at radius 2 is 0.972 bits per heavy atom. The average Bonchev–Trinajstić information content (AvgIpc) is 2.71. The van der Waals surface area contributed by atoms with E-state index in [-0.39, 0.29) is 21.7 Å². The van der Waals surface area contributed by atoms with Gasteiger partial charge in [0.1, 0.15) is 5.69 Å². The summed E-state index contributed by atoms with van der Waals surface area (Å²) in [5.41, 5.74) is 10.9. The van der Waals surface area contributed by atoms with Gasteiger partial charge in [0.25, 0.3) is 0 Å². The Morgan fingerprint density at radius 3 is 1.28 bits per heavy atom. The van der Waals surface area contributed by atoms with Crippen molar-refractivity contribution in [1.29, 1.82) is 0 Å². The zero-order valence-electron chi connectivity index (χ0n) is 24.3. The number of pyridine rings is 1. The molecule has 1 heterocycles. The third-order valence-electron chi connectivity index (χ3n) is 5.20. The lowest BCUT2D eigenvalue weighted by Crippen LogP contribution is -2.11. The van der Waals surface area contributed by atoms with Crippen LogP contribution in [-0.2, 0) is 0 Å². The SMILES string of the molecule is C#CC(=C=C(C#Cc1ccc(C#CC(=C=C(C#C)C(C)(C)C)C(C)(C)C)nc1)C(C)(C)C)C(C)(C)C. The lowest BCUT2D eigenvalue weighted by atomic mass is 9.83. The molecule has 0 fully saturated rings. The number of rotatable bonds is 0. The van der Waals surface area contributed by atoms with Gasteiger partial charge in [0.15, 0.2) is 0 Å². The zero-order chi connectivity index (χ0) is 27.9. The van der Waals surface area contributed by atoms with Crippen LogP contribution in [0.3, 0.4) is 0 Å². The monoisotopic (exact) mass is 475 g/mol. The van der Waals surface area contributed by atoms with Gasteiger partial charge in [0.2, 0.25) is 0 Å². The fourth-order valence-corrected chi connectivity index (χ4v) is 2.75. The molecule has 1 aromatic rings. The topological polar surface area (TPSA) is 12.9 Å². The van der Waals surface area contributed by atoms with Crippen molar-refractivity contribution >= 4 is 0 Å². The van der Waals surface area contributed by atoms with E-state index >= 15 is 0 Å². The van der Waals surface area contributed by atoms with Gasteiger partial charge in [-0.05, 0) is 18.1 Å². The second kappa shape index (κ2) is 11.4. The van der Waals surface area contributed by atoms with Crippen molar-refractivity contribution in [3.63, 3.8) is 0 Å². The van der Waals surface area contributed by atoms with Crippen LogP contribution in [0.4, 0.5) is 0 Å². The molecule has 0 radical (unpaired) electrons. The van der Waals surface area contributed by atoms with Crippen LogP contribution in [0.25, 0.3) is 0 Å². The van der Waals surface area contributed by atoms with Gasteiger partial charge in [0.05, 0.1) is 11.1 Å². The normalized spacial score (nSPS) is 11.2. The fraction of sp³-hybridized carbons (Fsp3) is 0.457. The Bertz CT molecular complexity index is 1200. The molecule has 0 aliphatic carbocycles. The lowest BCUT2D eigenvalue weighted by molar-refractivity contribution is 0.508. The van der Waals surface area contributed by atoms with Crippen molar-refractivity contribution in [3.8, 4) is 48.4 Å². The van der Waals surface area contributed by atoms with E-state index in [1.54, 1.807) is 6.20 Å². The quantitative estimate of drug-likeness (QED) is 0.273. The molecule has 0 aromatic carbocycles. The molecule has 36 heavy (non-hydrogen) atoms. The maximum absolute atomic E-state index is 5.76. The minimum atomic E-state index is -0.195. The van der Waals surface area contributed by atoms with E-state index in [0.717, 1.165) is 27.9 Å². The second-order valence-electron chi connectivity index (χ2n) is 13.0. The molecule has 0 saturated carbocycles. The lowest BCUT2D eigenvalue weighted by Gasteiger charge is -2.20. The minimum Gasteiger partial charge on any atom is -0.246 e. The molecule has 0 saturated heterocycles. The van der Waals surface area contributed by atoms with Crippen LogP contribution in [0, 0.1) is 70.0 Å². The van der Waals surface area contributed by atoms with Crippen LogP contribution in [0.15, 0.2) is 52.1 Å². The molecule has 0 N–H and O–H groups in total. The van der Waals surface area contributed by atoms with Crippen LogP contribution in [0.5, 0.6) is 0 Å². The molecule has 1 nitrogen and oxygen atoms in total. The highest BCUT2D eigenvalue weighted by Gasteiger charge is 2.20. The van der Waals surface area contributed by atoms with E-state index in [2.05, 4.69) is 135 Å². The van der Waals surface area contributed by atoms with Crippen molar-refractivity contribution in [2.45, 2.75) is 83.1 Å². The minimum absolute atomic E-state index is 0.168. The molecule has 0 aliphatic rings. The fourth-order valence-electron chi connectivity index (χ4n) is 2.75. The number of terminal acetylenes is 2. The van der Waals surface area contributed by atoms with Crippen LogP contribution < -0.4 is 0 Å². The van der Waals surface area contributed by atoms with Gasteiger partial charge in [-0.3, -0.25) is 0 Å². The molecule has 186 valence electrons. The van der Waals surface area contributed by atoms with Gasteiger partial charge in [-0.1, -0.05) is 124 Å². The Labute approximate surface area is 221 Å². The Kier molecular flexibility index (Phi) is 9.68. The smallest absolute Gasteiger partial charge is 0.113 e. The van der Waals surface area contributed by atoms with Crippen LogP contribution in [-0.4, -0.2) is 4.98 Å². The predicted octanol–water partition coefficient (Wildman–Crippen LogP) is 8.14. The van der Waals surface area contributed by atoms with E-state index in [1.807, 2.05) is 12.1 Å². The first-order chi connectivity index (χ1) is 16.3. The van der Waals surface area contributed by atoms with E-state index in [1.165, 1.54) is 0 Å². The molecule has 0 aliphatic heterocycles. The molecule has 0 amide bonds. The standard InChI is InChI=1S/C35H41N/c1-15-27(32(3,4)5)23-29(34(9,10)11)19-17-26-18-21-31(36-25-26)22-20-30(35(12,13)14)24-28(16-2)33(6,7)8/h1-2,18,21,25H,3-14H3. The number of nitrogens with zero attached hydrogens (tertiary/aromatic N) is 1. The summed E-state index contributed by atoms with van der Waals surface area (Å²) in [6, 6.07) is 3.81. The third-order valence-corrected chi connectivity index (χ3v) is 5.20. The van der Waals surface area contributed by atoms with Gasteiger partial charge in [0, 0.05) is 44.6 Å². The van der Waals surface area contributed by atoms with E-state index in [9.17, 15) is 0 Å². The highest BCUT2D eigenvalue weighted by atomic mass is 14.7. The largest absolute Gasteiger partial charge is 0.246 e. The first-order valence-corrected chi connectivity index (χ1v) is 12.3. The Hall–Kier alpha value is -3.57. The van der Waals surface area contributed by atoms with Gasteiger partial charge in [-0.15, -0.1) is 12.8 Å². The summed E-state index contributed by atoms with van der Waals surface area (Å²) in [6.07, 6.45) is 13.2. The van der Waals surface area contributed by atoms with E-state index in [4.69, 9.17) is 12.8 Å². The molecule has 1 rings (SSSR count). The van der Waals surface area contributed by atoms with Crippen molar-refractivity contribution in [2.24, 2.45) is 21.7 Å². The average molecular weight is 476 g/mol. The molecule has 0 spiro atoms. The molecular formula is C35H41N. The summed E-state index contributed by atoms with van der Waals surface area (Å²) in [5, 5.41) is 0. The molecular weight excluding hydrogens is 434 g/mol. The van der Waals surface area contributed by atoms with Gasteiger partial charge in [-0.2, -0.15) is 0 Å². The van der Waals surface area contributed by atoms with Crippen molar-refractivity contribution < 1.29 is 0 Å². The highest BCUT2D eigenvalue weighted by molar-refractivity contribution is 5.47. The summed E-state index contributed by atoms with van der Waals surface area (Å²) >= 11 is 0. The summed E-state index contributed by atoms with van der Waals surface area (Å²) in [7, 11) is 0. The van der Waals surface area contributed by atoms with Crippen LogP contribution >= 0.6 is 0 Å². The number of aromatic nitrogens is 1. The maximum Gasteiger partial charge on any atom is 0.113 e. The second-order valence-corrected chi connectivity index (χ2v) is 13.0. The Balaban J connectivity index is 3.50. The highest BCUT2D eigenvalue weighted by Crippen LogP contribution is 2.29. The molecule has 1 heteroatoms. The van der Waals surface area contributed by atoms with Crippen LogP contribution in [0.1, 0.15) is 94.3 Å². The van der Waals surface area contributed by atoms with Gasteiger partial charge in [-0.25, -0.2) is 4.98 Å². The Morgan fingerprint density at radius 1 is 0.583 bits per heavy atom.